The molecule has 3 heterocycles. The molecule has 322 valence electrons. The molecule has 0 aromatic carbocycles. The summed E-state index contributed by atoms with van der Waals surface area (Å²) in [4.78, 5) is 57.7. The van der Waals surface area contributed by atoms with E-state index in [1.807, 2.05) is 39.8 Å². The van der Waals surface area contributed by atoms with Crippen molar-refractivity contribution >= 4 is 23.4 Å². The van der Waals surface area contributed by atoms with E-state index in [0.717, 1.165) is 5.57 Å². The second kappa shape index (κ2) is 21.0. The number of aliphatic hydroxyl groups excluding tert-OH is 2. The minimum Gasteiger partial charge on any atom is -0.456 e. The maximum Gasteiger partial charge on any atom is 0.329 e. The second-order valence-electron chi connectivity index (χ2n) is 17.3. The van der Waals surface area contributed by atoms with Gasteiger partial charge in [0.15, 0.2) is 0 Å². The number of cyclic esters (lactones) is 1. The number of carbonyl (C=O) groups excluding carboxylic acids is 4. The fraction of sp³-hybridized carbons (Fsp3) is 0.773. The minimum atomic E-state index is -2.51. The van der Waals surface area contributed by atoms with Gasteiger partial charge in [-0.1, -0.05) is 44.6 Å². The van der Waals surface area contributed by atoms with E-state index in [0.29, 0.717) is 56.9 Å². The third kappa shape index (κ3) is 11.3. The Kier molecular flexibility index (Phi) is 17.2. The number of hydrogen-bond donors (Lipinski definition) is 3. The highest BCUT2D eigenvalue weighted by Gasteiger charge is 2.56. The molecule has 14 atom stereocenters. The Bertz CT molecular complexity index is 1480. The number of allylic oxidation sites excluding steroid dienone is 3. The van der Waals surface area contributed by atoms with Crippen molar-refractivity contribution < 1.29 is 58.2 Å². The molecule has 4 aliphatic rings. The van der Waals surface area contributed by atoms with E-state index in [1.165, 1.54) is 26.2 Å². The molecule has 0 aromatic heterocycles. The lowest BCUT2D eigenvalue weighted by Crippen LogP contribution is -2.64. The Morgan fingerprint density at radius 1 is 0.877 bits per heavy atom. The molecule has 2 bridgehead atoms. The zero-order valence-electron chi connectivity index (χ0n) is 35.4. The van der Waals surface area contributed by atoms with Crippen LogP contribution in [0.2, 0.25) is 0 Å². The van der Waals surface area contributed by atoms with E-state index in [1.54, 1.807) is 13.0 Å². The molecule has 2 saturated heterocycles. The zero-order chi connectivity index (χ0) is 42.2. The highest BCUT2D eigenvalue weighted by Crippen LogP contribution is 2.39. The molecule has 1 amide bonds. The first-order valence-electron chi connectivity index (χ1n) is 20.9. The molecule has 3 fully saturated rings. The first-order chi connectivity index (χ1) is 27.0. The van der Waals surface area contributed by atoms with Crippen molar-refractivity contribution in [3.05, 3.63) is 36.0 Å². The number of carbonyl (C=O) groups is 4. The first kappa shape index (κ1) is 46.9. The lowest BCUT2D eigenvalue weighted by Gasteiger charge is -2.47. The molecular weight excluding hydrogens is 734 g/mol. The number of hydrogen-bond acceptors (Lipinski definition) is 12. The largest absolute Gasteiger partial charge is 0.456 e. The Morgan fingerprint density at radius 3 is 2.19 bits per heavy atom. The minimum absolute atomic E-state index is 0.0107. The number of fused-ring (bicyclic) bond motifs is 3. The molecule has 0 radical (unpaired) electrons. The molecule has 3 N–H and O–H groups in total. The summed E-state index contributed by atoms with van der Waals surface area (Å²) < 4.78 is 29.9. The van der Waals surface area contributed by atoms with Crippen LogP contribution in [-0.2, 0) is 42.9 Å². The third-order valence-electron chi connectivity index (χ3n) is 12.9. The molecule has 13 nitrogen and oxygen atoms in total. The molecule has 1 saturated carbocycles. The standard InChI is InChI=1S/C44H69NO12/c1-10-13-30-19-25(2)18-26(3)20-37(54-8)40-38(55-9)22-29(6)44(52,57-40)41(49)42(50)45-17-12-11-14-32(45)43(51)56-39(31-15-16-33(46)36(23-31)53-7)28(5)21-27(4)34(47)24-35(30)48/h10,19,21,26-27,29-34,36-40,46-47,52H,1,11-18,20,22-24H2,2-9H3/b25-19+,28-21+/t26-,27-,29+,30+,31+,32-,33+,34-,36?,37?,38-,39?,40+,44+/m0/s1. The molecule has 4 rings (SSSR count). The normalized spacial score (nSPS) is 41.9. The molecule has 0 spiro atoms. The number of Topliss-reactive ketones (excluding diaryl/α,β-unsaturated/α-hetero) is 2. The Morgan fingerprint density at radius 2 is 1.54 bits per heavy atom. The van der Waals surface area contributed by atoms with Gasteiger partial charge in [0.05, 0.1) is 30.5 Å². The van der Waals surface area contributed by atoms with Crippen LogP contribution in [0.25, 0.3) is 0 Å². The Labute approximate surface area is 339 Å². The van der Waals surface area contributed by atoms with Crippen LogP contribution in [0, 0.1) is 29.6 Å². The number of esters is 1. The number of ketones is 2. The Hall–Kier alpha value is -2.78. The number of rotatable bonds is 6. The summed E-state index contributed by atoms with van der Waals surface area (Å²) in [5, 5.41) is 34.0. The summed E-state index contributed by atoms with van der Waals surface area (Å²) in [5.74, 6) is -7.58. The summed E-state index contributed by atoms with van der Waals surface area (Å²) in [6.45, 7) is 13.2. The smallest absolute Gasteiger partial charge is 0.329 e. The van der Waals surface area contributed by atoms with Crippen molar-refractivity contribution in [1.82, 2.24) is 4.90 Å². The van der Waals surface area contributed by atoms with Gasteiger partial charge in [-0.15, -0.1) is 6.58 Å². The molecule has 57 heavy (non-hydrogen) atoms. The molecule has 0 aromatic rings. The topological polar surface area (TPSA) is 178 Å². The number of piperidine rings is 1. The van der Waals surface area contributed by atoms with Gasteiger partial charge in [0, 0.05) is 58.0 Å². The van der Waals surface area contributed by atoms with E-state index in [9.17, 15) is 34.5 Å². The highest BCUT2D eigenvalue weighted by atomic mass is 16.7. The lowest BCUT2D eigenvalue weighted by molar-refractivity contribution is -0.302. The third-order valence-corrected chi connectivity index (χ3v) is 12.9. The van der Waals surface area contributed by atoms with E-state index in [-0.39, 0.29) is 43.4 Å². The summed E-state index contributed by atoms with van der Waals surface area (Å²) in [6.07, 6.45) is 4.67. The highest BCUT2D eigenvalue weighted by molar-refractivity contribution is 6.39. The maximum absolute atomic E-state index is 14.3. The van der Waals surface area contributed by atoms with Crippen molar-refractivity contribution in [3.8, 4) is 0 Å². The van der Waals surface area contributed by atoms with E-state index < -0.39 is 90.0 Å². The van der Waals surface area contributed by atoms with Crippen LogP contribution in [0.5, 0.6) is 0 Å². The van der Waals surface area contributed by atoms with Gasteiger partial charge >= 0.3 is 5.97 Å². The predicted molar refractivity (Wildman–Crippen MR) is 213 cm³/mol. The zero-order valence-corrected chi connectivity index (χ0v) is 35.4. The molecule has 3 aliphatic heterocycles. The van der Waals surface area contributed by atoms with Crippen LogP contribution in [0.15, 0.2) is 36.0 Å². The van der Waals surface area contributed by atoms with Crippen LogP contribution in [0.4, 0.5) is 0 Å². The fourth-order valence-electron chi connectivity index (χ4n) is 9.45. The van der Waals surface area contributed by atoms with E-state index >= 15 is 0 Å². The average Bonchev–Trinajstić information content (AvgIpc) is 3.18. The van der Waals surface area contributed by atoms with Gasteiger partial charge in [0.1, 0.15) is 24.0 Å². The number of ether oxygens (including phenoxy) is 5. The molecule has 3 unspecified atom stereocenters. The lowest BCUT2D eigenvalue weighted by atomic mass is 9.79. The van der Waals surface area contributed by atoms with Crippen molar-refractivity contribution in [2.24, 2.45) is 29.6 Å². The van der Waals surface area contributed by atoms with Gasteiger partial charge in [-0.25, -0.2) is 4.79 Å². The van der Waals surface area contributed by atoms with Gasteiger partial charge in [0.2, 0.25) is 5.79 Å². The summed E-state index contributed by atoms with van der Waals surface area (Å²) >= 11 is 0. The van der Waals surface area contributed by atoms with Crippen LogP contribution in [-0.4, -0.2) is 126 Å². The van der Waals surface area contributed by atoms with Gasteiger partial charge in [-0.2, -0.15) is 0 Å². The number of amides is 1. The van der Waals surface area contributed by atoms with Gasteiger partial charge in [-0.05, 0) is 89.5 Å². The Balaban J connectivity index is 1.78. The molecular formula is C44H69NO12. The number of aliphatic hydroxyl groups is 3. The molecule has 1 aliphatic carbocycles. The summed E-state index contributed by atoms with van der Waals surface area (Å²) in [7, 11) is 4.58. The SMILES string of the molecule is C=CC[C@@H]1/C=C(\C)C[C@H](C)CC(OC)[C@H]2O[C@@](O)(C(=O)C(=O)N3CCCC[C@H]3C(=O)OC([C@@H]3CC[C@@H](O)C(OC)C3)/C(C)=C/[C@H](C)[C@@H](O)CC1=O)[C@H](C)C[C@@H]2OC. The van der Waals surface area contributed by atoms with E-state index in [2.05, 4.69) is 6.58 Å². The van der Waals surface area contributed by atoms with Crippen LogP contribution in [0.3, 0.4) is 0 Å². The first-order valence-corrected chi connectivity index (χ1v) is 20.9. The van der Waals surface area contributed by atoms with Crippen LogP contribution < -0.4 is 0 Å². The number of nitrogens with zero attached hydrogens (tertiary/aromatic N) is 1. The average molecular weight is 804 g/mol. The van der Waals surface area contributed by atoms with Crippen molar-refractivity contribution in [2.45, 2.75) is 160 Å². The van der Waals surface area contributed by atoms with Gasteiger partial charge in [0.25, 0.3) is 11.7 Å². The number of methoxy groups -OCH3 is 3. The quantitative estimate of drug-likeness (QED) is 0.193. The van der Waals surface area contributed by atoms with Crippen molar-refractivity contribution in [1.29, 1.82) is 0 Å². The van der Waals surface area contributed by atoms with Crippen LogP contribution >= 0.6 is 0 Å². The second-order valence-corrected chi connectivity index (χ2v) is 17.3. The van der Waals surface area contributed by atoms with Crippen molar-refractivity contribution in [2.75, 3.05) is 27.9 Å². The summed E-state index contributed by atoms with van der Waals surface area (Å²) in [5.41, 5.74) is 1.62. The van der Waals surface area contributed by atoms with Crippen LogP contribution in [0.1, 0.15) is 105 Å². The van der Waals surface area contributed by atoms with Gasteiger partial charge < -0.3 is 43.9 Å². The fourth-order valence-corrected chi connectivity index (χ4v) is 9.45. The van der Waals surface area contributed by atoms with E-state index in [4.69, 9.17) is 23.7 Å². The molecule has 13 heteroatoms. The predicted octanol–water partition coefficient (Wildman–Crippen LogP) is 4.64. The monoisotopic (exact) mass is 803 g/mol. The van der Waals surface area contributed by atoms with Crippen molar-refractivity contribution in [3.63, 3.8) is 0 Å². The summed E-state index contributed by atoms with van der Waals surface area (Å²) in [6, 6.07) is -1.10. The van der Waals surface area contributed by atoms with Gasteiger partial charge in [-0.3, -0.25) is 14.4 Å². The maximum atomic E-state index is 14.3.